The number of aliphatic hydroxyl groups is 2. The lowest BCUT2D eigenvalue weighted by Crippen LogP contribution is -2.60. The molecule has 0 bridgehead atoms. The summed E-state index contributed by atoms with van der Waals surface area (Å²) in [6.45, 7) is 3.61. The predicted octanol–water partition coefficient (Wildman–Crippen LogP) is -3.25. The van der Waals surface area contributed by atoms with Crippen LogP contribution < -0.4 is 21.7 Å². The van der Waals surface area contributed by atoms with Crippen LogP contribution >= 0.6 is 0 Å². The maximum atomic E-state index is 12.5. The topological polar surface area (TPSA) is 228 Å². The van der Waals surface area contributed by atoms with Crippen LogP contribution in [0.5, 0.6) is 0 Å². The van der Waals surface area contributed by atoms with Crippen molar-refractivity contribution < 1.29 is 44.4 Å². The molecule has 13 heteroatoms. The zero-order valence-corrected chi connectivity index (χ0v) is 17.0. The Morgan fingerprint density at radius 2 is 1.40 bits per heavy atom. The van der Waals surface area contributed by atoms with E-state index in [9.17, 15) is 34.2 Å². The molecule has 0 rings (SSSR count). The minimum Gasteiger partial charge on any atom is -0.481 e. The Morgan fingerprint density at radius 1 is 0.867 bits per heavy atom. The molecule has 0 aliphatic rings. The number of aliphatic hydroxyl groups excluding tert-OH is 2. The van der Waals surface area contributed by atoms with Crippen LogP contribution in [0.2, 0.25) is 0 Å². The molecule has 0 aromatic rings. The van der Waals surface area contributed by atoms with Crippen LogP contribution in [-0.2, 0) is 24.0 Å². The van der Waals surface area contributed by atoms with Gasteiger partial charge in [0.15, 0.2) is 0 Å². The predicted molar refractivity (Wildman–Crippen MR) is 102 cm³/mol. The minimum atomic E-state index is -1.55. The van der Waals surface area contributed by atoms with Crippen molar-refractivity contribution in [2.75, 3.05) is 6.61 Å². The van der Waals surface area contributed by atoms with Gasteiger partial charge in [0.25, 0.3) is 0 Å². The maximum absolute atomic E-state index is 12.5. The zero-order valence-electron chi connectivity index (χ0n) is 17.0. The number of hydrogen-bond donors (Lipinski definition) is 8. The number of carbonyl (C=O) groups excluding carboxylic acids is 3. The third-order valence-corrected chi connectivity index (χ3v) is 4.15. The van der Waals surface area contributed by atoms with Gasteiger partial charge in [0.1, 0.15) is 24.2 Å². The number of amides is 3. The third-order valence-electron chi connectivity index (χ3n) is 4.15. The first-order chi connectivity index (χ1) is 13.8. The molecule has 0 saturated heterocycles. The Kier molecular flexibility index (Phi) is 11.5. The van der Waals surface area contributed by atoms with Gasteiger partial charge in [0.2, 0.25) is 17.7 Å². The third kappa shape index (κ3) is 9.15. The fraction of sp³-hybridized carbons (Fsp3) is 0.706. The molecule has 0 radical (unpaired) electrons. The van der Waals surface area contributed by atoms with Gasteiger partial charge in [-0.05, 0) is 19.3 Å². The monoisotopic (exact) mass is 434 g/mol. The molecule has 5 unspecified atom stereocenters. The van der Waals surface area contributed by atoms with Crippen molar-refractivity contribution >= 4 is 29.7 Å². The summed E-state index contributed by atoms with van der Waals surface area (Å²) < 4.78 is 0. The molecule has 172 valence electrons. The highest BCUT2D eigenvalue weighted by Gasteiger charge is 2.32. The van der Waals surface area contributed by atoms with E-state index in [2.05, 4.69) is 16.0 Å². The first-order valence-electron chi connectivity index (χ1n) is 9.22. The lowest BCUT2D eigenvalue weighted by Gasteiger charge is -2.26. The molecule has 0 saturated carbocycles. The van der Waals surface area contributed by atoms with Crippen molar-refractivity contribution in [2.24, 2.45) is 11.7 Å². The van der Waals surface area contributed by atoms with E-state index < -0.39 is 85.3 Å². The van der Waals surface area contributed by atoms with Crippen molar-refractivity contribution in [3.63, 3.8) is 0 Å². The molecule has 30 heavy (non-hydrogen) atoms. The van der Waals surface area contributed by atoms with Gasteiger partial charge < -0.3 is 42.1 Å². The molecule has 0 heterocycles. The van der Waals surface area contributed by atoms with Crippen molar-refractivity contribution in [1.29, 1.82) is 0 Å². The number of rotatable bonds is 13. The molecule has 9 N–H and O–H groups in total. The van der Waals surface area contributed by atoms with Crippen molar-refractivity contribution in [3.8, 4) is 0 Å². The summed E-state index contributed by atoms with van der Waals surface area (Å²) in [4.78, 5) is 58.6. The van der Waals surface area contributed by atoms with E-state index in [-0.39, 0.29) is 0 Å². The van der Waals surface area contributed by atoms with Crippen LogP contribution in [0.25, 0.3) is 0 Å². The number of aliphatic carboxylic acids is 2. The Balaban J connectivity index is 5.17. The lowest BCUT2D eigenvalue weighted by molar-refractivity contribution is -0.143. The van der Waals surface area contributed by atoms with Crippen LogP contribution in [-0.4, -0.2) is 87.0 Å². The lowest BCUT2D eigenvalue weighted by atomic mass is 10.0. The zero-order chi connectivity index (χ0) is 23.6. The molecular formula is C17H30N4O9. The molecule has 0 spiro atoms. The molecule has 0 aliphatic carbocycles. The molecule has 3 amide bonds. The van der Waals surface area contributed by atoms with E-state index >= 15 is 0 Å². The van der Waals surface area contributed by atoms with E-state index in [0.717, 1.165) is 0 Å². The summed E-state index contributed by atoms with van der Waals surface area (Å²) in [6, 6.07) is -5.54. The Hall–Kier alpha value is -2.77. The van der Waals surface area contributed by atoms with E-state index in [0.29, 0.717) is 0 Å². The highest BCUT2D eigenvalue weighted by molar-refractivity contribution is 5.94. The van der Waals surface area contributed by atoms with Gasteiger partial charge in [-0.1, -0.05) is 13.8 Å². The van der Waals surface area contributed by atoms with Gasteiger partial charge in [0, 0.05) is 6.42 Å². The second-order valence-electron chi connectivity index (χ2n) is 7.07. The fourth-order valence-electron chi connectivity index (χ4n) is 2.26. The summed E-state index contributed by atoms with van der Waals surface area (Å²) >= 11 is 0. The number of carbonyl (C=O) groups is 5. The number of nitrogens with two attached hydrogens (primary N) is 1. The Morgan fingerprint density at radius 3 is 1.80 bits per heavy atom. The SMILES string of the molecule is CC(C)C(NC(=O)C(N)C(C)O)C(=O)NC(CO)C(=O)NC(CCC(=O)O)C(=O)O. The van der Waals surface area contributed by atoms with Crippen molar-refractivity contribution in [2.45, 2.75) is 63.9 Å². The number of hydrogen-bond acceptors (Lipinski definition) is 8. The average Bonchev–Trinajstić information content (AvgIpc) is 2.65. The largest absolute Gasteiger partial charge is 0.481 e. The summed E-state index contributed by atoms with van der Waals surface area (Å²) in [5, 5.41) is 43.2. The van der Waals surface area contributed by atoms with Gasteiger partial charge >= 0.3 is 11.9 Å². The number of nitrogens with one attached hydrogen (secondary N) is 3. The summed E-state index contributed by atoms with van der Waals surface area (Å²) in [5.74, 6) is -5.88. The summed E-state index contributed by atoms with van der Waals surface area (Å²) in [6.07, 6.45) is -2.08. The number of carboxylic acid groups (broad SMARTS) is 2. The standard InChI is InChI=1S/C17H30N4O9/c1-7(2)13(21-15(27)12(18)8(3)23)16(28)20-10(6-22)14(26)19-9(17(29)30)4-5-11(24)25/h7-10,12-13,22-23H,4-6,18H2,1-3H3,(H,19,26)(H,20,28)(H,21,27)(H,24,25)(H,29,30). The Labute approximate surface area is 173 Å². The van der Waals surface area contributed by atoms with E-state index in [4.69, 9.17) is 15.9 Å². The molecule has 0 aromatic heterocycles. The molecular weight excluding hydrogens is 404 g/mol. The summed E-state index contributed by atoms with van der Waals surface area (Å²) in [5.41, 5.74) is 5.52. The highest BCUT2D eigenvalue weighted by Crippen LogP contribution is 2.05. The first kappa shape index (κ1) is 27.2. The normalized spacial score (nSPS) is 16.0. The van der Waals surface area contributed by atoms with Gasteiger partial charge in [-0.3, -0.25) is 19.2 Å². The molecule has 0 aliphatic heterocycles. The average molecular weight is 434 g/mol. The fourth-order valence-corrected chi connectivity index (χ4v) is 2.26. The summed E-state index contributed by atoms with van der Waals surface area (Å²) in [7, 11) is 0. The smallest absolute Gasteiger partial charge is 0.326 e. The van der Waals surface area contributed by atoms with E-state index in [1.165, 1.54) is 6.92 Å². The van der Waals surface area contributed by atoms with E-state index in [1.807, 2.05) is 0 Å². The Bertz CT molecular complexity index is 639. The minimum absolute atomic E-state index is 0.398. The second kappa shape index (κ2) is 12.7. The van der Waals surface area contributed by atoms with Crippen LogP contribution in [0, 0.1) is 5.92 Å². The molecule has 5 atom stereocenters. The van der Waals surface area contributed by atoms with Crippen molar-refractivity contribution in [1.82, 2.24) is 16.0 Å². The van der Waals surface area contributed by atoms with Crippen LogP contribution in [0.15, 0.2) is 0 Å². The van der Waals surface area contributed by atoms with Crippen LogP contribution in [0.3, 0.4) is 0 Å². The molecule has 0 aromatic carbocycles. The van der Waals surface area contributed by atoms with E-state index in [1.54, 1.807) is 13.8 Å². The number of carboxylic acids is 2. The maximum Gasteiger partial charge on any atom is 0.326 e. The van der Waals surface area contributed by atoms with Gasteiger partial charge in [-0.2, -0.15) is 0 Å². The molecule has 0 fully saturated rings. The van der Waals surface area contributed by atoms with Crippen LogP contribution in [0.1, 0.15) is 33.6 Å². The van der Waals surface area contributed by atoms with Gasteiger partial charge in [-0.25, -0.2) is 4.79 Å². The first-order valence-corrected chi connectivity index (χ1v) is 9.22. The van der Waals surface area contributed by atoms with Gasteiger partial charge in [0.05, 0.1) is 12.7 Å². The van der Waals surface area contributed by atoms with Crippen molar-refractivity contribution in [3.05, 3.63) is 0 Å². The quantitative estimate of drug-likeness (QED) is 0.144. The molecule has 13 nitrogen and oxygen atoms in total. The van der Waals surface area contributed by atoms with Crippen LogP contribution in [0.4, 0.5) is 0 Å². The highest BCUT2D eigenvalue weighted by atomic mass is 16.4. The second-order valence-corrected chi connectivity index (χ2v) is 7.07. The van der Waals surface area contributed by atoms with Gasteiger partial charge in [-0.15, -0.1) is 0 Å².